The highest BCUT2D eigenvalue weighted by molar-refractivity contribution is 7.62. The Labute approximate surface area is 124 Å². The Morgan fingerprint density at radius 3 is 2.05 bits per heavy atom. The number of amides is 1. The van der Waals surface area contributed by atoms with Crippen LogP contribution in [-0.2, 0) is 14.2 Å². The molecule has 0 spiro atoms. The van der Waals surface area contributed by atoms with Crippen LogP contribution in [0.25, 0.3) is 0 Å². The predicted molar refractivity (Wildman–Crippen MR) is 77.8 cm³/mol. The fourth-order valence-corrected chi connectivity index (χ4v) is 2.14. The second kappa shape index (κ2) is 7.89. The molecule has 3 unspecified atom stereocenters. The van der Waals surface area contributed by atoms with Gasteiger partial charge in [0, 0.05) is 6.54 Å². The van der Waals surface area contributed by atoms with Crippen LogP contribution in [0.15, 0.2) is 0 Å². The van der Waals surface area contributed by atoms with E-state index in [1.807, 2.05) is 0 Å². The Morgan fingerprint density at radius 2 is 1.71 bits per heavy atom. The van der Waals surface area contributed by atoms with Crippen molar-refractivity contribution >= 4 is 19.0 Å². The number of carboxylic acid groups (broad SMARTS) is 1. The zero-order valence-electron chi connectivity index (χ0n) is 13.0. The third-order valence-electron chi connectivity index (χ3n) is 3.07. The molecule has 3 atom stereocenters. The molecule has 0 aromatic carbocycles. The quantitative estimate of drug-likeness (QED) is 0.286. The molecule has 1 amide bonds. The second-order valence-electron chi connectivity index (χ2n) is 5.75. The van der Waals surface area contributed by atoms with Gasteiger partial charge in [0.2, 0.25) is 0 Å². The summed E-state index contributed by atoms with van der Waals surface area (Å²) in [6.07, 6.45) is 0. The van der Waals surface area contributed by atoms with Crippen molar-refractivity contribution in [1.29, 1.82) is 0 Å². The normalized spacial score (nSPS) is 16.4. The van der Waals surface area contributed by atoms with Crippen LogP contribution in [0.4, 0.5) is 0 Å². The van der Waals surface area contributed by atoms with Gasteiger partial charge >= 0.3 is 5.97 Å². The third kappa shape index (κ3) is 6.13. The van der Waals surface area contributed by atoms with Crippen molar-refractivity contribution in [2.75, 3.05) is 19.9 Å². The van der Waals surface area contributed by atoms with Crippen LogP contribution < -0.4 is 5.32 Å². The highest BCUT2D eigenvalue weighted by atomic mass is 31.2. The van der Waals surface area contributed by atoms with Gasteiger partial charge in [-0.25, -0.2) is 9.86 Å². The Kier molecular flexibility index (Phi) is 7.53. The maximum absolute atomic E-state index is 12.0. The Balaban J connectivity index is 4.70. The molecule has 0 radical (unpaired) electrons. The number of aliphatic hydroxyl groups is 1. The SMILES string of the molecule is CC(NCC(O)P(C)(C)=O)C(=O)N(O)C(C(=O)O)C(C)C. The van der Waals surface area contributed by atoms with Gasteiger partial charge < -0.3 is 20.1 Å². The number of carboxylic acids is 1. The van der Waals surface area contributed by atoms with Gasteiger partial charge in [0.05, 0.1) is 6.04 Å². The Hall–Kier alpha value is -0.950. The van der Waals surface area contributed by atoms with E-state index in [4.69, 9.17) is 5.11 Å². The van der Waals surface area contributed by atoms with Gasteiger partial charge in [0.15, 0.2) is 6.04 Å². The molecule has 0 aliphatic rings. The number of rotatable bonds is 8. The van der Waals surface area contributed by atoms with Crippen LogP contribution in [0.1, 0.15) is 20.8 Å². The van der Waals surface area contributed by atoms with Gasteiger partial charge in [-0.15, -0.1) is 0 Å². The zero-order valence-corrected chi connectivity index (χ0v) is 13.9. The molecule has 0 saturated heterocycles. The van der Waals surface area contributed by atoms with E-state index in [0.717, 1.165) is 0 Å². The van der Waals surface area contributed by atoms with Crippen LogP contribution in [0, 0.1) is 5.92 Å². The van der Waals surface area contributed by atoms with E-state index in [1.54, 1.807) is 13.8 Å². The lowest BCUT2D eigenvalue weighted by Crippen LogP contribution is -2.53. The van der Waals surface area contributed by atoms with Crippen molar-refractivity contribution < 1.29 is 29.6 Å². The standard InChI is InChI=1S/C12H25N2O6P/c1-7(2)10(12(17)18)14(19)11(16)8(3)13-6-9(15)21(4,5)20/h7-10,13,15,19H,6H2,1-5H3,(H,17,18). The van der Waals surface area contributed by atoms with Gasteiger partial charge in [-0.05, 0) is 26.2 Å². The maximum atomic E-state index is 12.0. The van der Waals surface area contributed by atoms with Crippen LogP contribution >= 0.6 is 7.14 Å². The monoisotopic (exact) mass is 324 g/mol. The molecule has 4 N–H and O–H groups in total. The first-order valence-corrected chi connectivity index (χ1v) is 9.27. The lowest BCUT2D eigenvalue weighted by atomic mass is 10.0. The number of hydrogen-bond donors (Lipinski definition) is 4. The maximum Gasteiger partial charge on any atom is 0.329 e. The average molecular weight is 324 g/mol. The lowest BCUT2D eigenvalue weighted by molar-refractivity contribution is -0.191. The van der Waals surface area contributed by atoms with E-state index >= 15 is 0 Å². The molecular formula is C12H25N2O6P. The molecule has 9 heteroatoms. The van der Waals surface area contributed by atoms with Gasteiger partial charge in [-0.2, -0.15) is 0 Å². The van der Waals surface area contributed by atoms with Crippen LogP contribution in [0.3, 0.4) is 0 Å². The fourth-order valence-electron chi connectivity index (χ4n) is 1.60. The van der Waals surface area contributed by atoms with Crippen LogP contribution in [0.2, 0.25) is 0 Å². The number of aliphatic hydroxyl groups excluding tert-OH is 1. The summed E-state index contributed by atoms with van der Waals surface area (Å²) in [5.41, 5.74) is 0. The summed E-state index contributed by atoms with van der Waals surface area (Å²) in [6, 6.07) is -2.27. The minimum Gasteiger partial charge on any atom is -0.480 e. The Bertz CT molecular complexity index is 422. The number of aliphatic carboxylic acids is 1. The van der Waals surface area contributed by atoms with Crippen molar-refractivity contribution in [3.05, 3.63) is 0 Å². The zero-order chi connectivity index (χ0) is 17.0. The molecule has 0 aromatic rings. The van der Waals surface area contributed by atoms with E-state index in [2.05, 4.69) is 5.32 Å². The average Bonchev–Trinajstić information content (AvgIpc) is 2.32. The molecule has 0 heterocycles. The van der Waals surface area contributed by atoms with Gasteiger partial charge in [-0.1, -0.05) is 13.8 Å². The topological polar surface area (TPSA) is 127 Å². The molecule has 0 rings (SSSR count). The molecule has 0 aromatic heterocycles. The predicted octanol–water partition coefficient (Wildman–Crippen LogP) is 0.233. The third-order valence-corrected chi connectivity index (χ3v) is 4.69. The van der Waals surface area contributed by atoms with E-state index in [9.17, 15) is 24.5 Å². The summed E-state index contributed by atoms with van der Waals surface area (Å²) in [7, 11) is -2.71. The van der Waals surface area contributed by atoms with Gasteiger partial charge in [0.1, 0.15) is 13.0 Å². The largest absolute Gasteiger partial charge is 0.480 e. The number of carbonyl (C=O) groups excluding carboxylic acids is 1. The second-order valence-corrected chi connectivity index (χ2v) is 9.22. The number of carbonyl (C=O) groups is 2. The summed E-state index contributed by atoms with van der Waals surface area (Å²) in [4.78, 5) is 23.0. The molecule has 0 saturated carbocycles. The van der Waals surface area contributed by atoms with Crippen molar-refractivity contribution in [3.63, 3.8) is 0 Å². The minimum atomic E-state index is -2.71. The molecule has 21 heavy (non-hydrogen) atoms. The van der Waals surface area contributed by atoms with Gasteiger partial charge in [-0.3, -0.25) is 10.0 Å². The molecule has 0 fully saturated rings. The van der Waals surface area contributed by atoms with Gasteiger partial charge in [0.25, 0.3) is 5.91 Å². The summed E-state index contributed by atoms with van der Waals surface area (Å²) >= 11 is 0. The lowest BCUT2D eigenvalue weighted by Gasteiger charge is -2.28. The van der Waals surface area contributed by atoms with Crippen molar-refractivity contribution in [1.82, 2.24) is 10.4 Å². The summed E-state index contributed by atoms with van der Waals surface area (Å²) in [5.74, 6) is -3.72. The van der Waals surface area contributed by atoms with Crippen molar-refractivity contribution in [2.24, 2.45) is 5.92 Å². The minimum absolute atomic E-state index is 0.0928. The first-order valence-electron chi connectivity index (χ1n) is 6.60. The first kappa shape index (κ1) is 20.1. The number of hydroxylamine groups is 2. The highest BCUT2D eigenvalue weighted by Crippen LogP contribution is 2.40. The fraction of sp³-hybridized carbons (Fsp3) is 0.833. The van der Waals surface area contributed by atoms with E-state index < -0.39 is 42.9 Å². The number of nitrogens with zero attached hydrogens (tertiary/aromatic N) is 1. The van der Waals surface area contributed by atoms with E-state index in [1.165, 1.54) is 20.3 Å². The highest BCUT2D eigenvalue weighted by Gasteiger charge is 2.34. The Morgan fingerprint density at radius 1 is 1.24 bits per heavy atom. The first-order chi connectivity index (χ1) is 9.39. The molecule has 0 bridgehead atoms. The number of nitrogens with one attached hydrogen (secondary N) is 1. The van der Waals surface area contributed by atoms with Crippen LogP contribution in [-0.4, -0.2) is 70.2 Å². The van der Waals surface area contributed by atoms with Crippen molar-refractivity contribution in [3.8, 4) is 0 Å². The van der Waals surface area contributed by atoms with E-state index in [-0.39, 0.29) is 11.6 Å². The summed E-state index contributed by atoms with van der Waals surface area (Å²) < 4.78 is 11.6. The molecule has 0 aliphatic heterocycles. The van der Waals surface area contributed by atoms with Crippen molar-refractivity contribution in [2.45, 2.75) is 38.7 Å². The summed E-state index contributed by atoms with van der Waals surface area (Å²) in [5, 5.41) is 31.2. The smallest absolute Gasteiger partial charge is 0.329 e. The number of hydrogen-bond acceptors (Lipinski definition) is 6. The van der Waals surface area contributed by atoms with E-state index in [0.29, 0.717) is 0 Å². The van der Waals surface area contributed by atoms with Crippen LogP contribution in [0.5, 0.6) is 0 Å². The molecule has 124 valence electrons. The molecule has 0 aliphatic carbocycles. The molecular weight excluding hydrogens is 299 g/mol. The summed E-state index contributed by atoms with van der Waals surface area (Å²) in [6.45, 7) is 7.31. The molecule has 8 nitrogen and oxygen atoms in total.